The van der Waals surface area contributed by atoms with Crippen LogP contribution in [0.25, 0.3) is 0 Å². The van der Waals surface area contributed by atoms with Crippen LogP contribution in [0.15, 0.2) is 30.9 Å². The summed E-state index contributed by atoms with van der Waals surface area (Å²) in [5.41, 5.74) is 1.32. The Balaban J connectivity index is 1.34. The Morgan fingerprint density at radius 1 is 1.38 bits per heavy atom. The summed E-state index contributed by atoms with van der Waals surface area (Å²) >= 11 is 1.51. The van der Waals surface area contributed by atoms with Crippen LogP contribution in [0.2, 0.25) is 0 Å². The first kappa shape index (κ1) is 25.7. The van der Waals surface area contributed by atoms with Crippen LogP contribution in [0.1, 0.15) is 60.5 Å². The van der Waals surface area contributed by atoms with Gasteiger partial charge in [-0.2, -0.15) is 0 Å². The minimum absolute atomic E-state index is 0.00667. The number of nitrogens with zero attached hydrogens (tertiary/aromatic N) is 2. The van der Waals surface area contributed by atoms with Crippen LogP contribution in [-0.4, -0.2) is 53.3 Å². The molecule has 0 spiro atoms. The van der Waals surface area contributed by atoms with Crippen molar-refractivity contribution in [3.63, 3.8) is 0 Å². The Morgan fingerprint density at radius 2 is 2.14 bits per heavy atom. The molecule has 1 aromatic carbocycles. The molecule has 1 aromatic heterocycles. The fraction of sp³-hybridized carbons (Fsp3) is 0.536. The van der Waals surface area contributed by atoms with Crippen LogP contribution in [0.3, 0.4) is 0 Å². The highest BCUT2D eigenvalue weighted by molar-refractivity contribution is 7.15. The fourth-order valence-corrected chi connectivity index (χ4v) is 7.88. The van der Waals surface area contributed by atoms with Crippen LogP contribution < -0.4 is 14.8 Å². The monoisotopic (exact) mass is 525 g/mol. The molecule has 0 radical (unpaired) electrons. The second-order valence-electron chi connectivity index (χ2n) is 11.0. The maximum atomic E-state index is 13.0. The van der Waals surface area contributed by atoms with Gasteiger partial charge in [0.05, 0.1) is 11.8 Å². The van der Waals surface area contributed by atoms with Crippen LogP contribution in [-0.2, 0) is 11.2 Å². The Labute approximate surface area is 221 Å². The Kier molecular flexibility index (Phi) is 6.79. The molecule has 37 heavy (non-hydrogen) atoms. The Bertz CT molecular complexity index is 1230. The van der Waals surface area contributed by atoms with Gasteiger partial charge in [0, 0.05) is 35.9 Å². The third-order valence-electron chi connectivity index (χ3n) is 8.59. The number of carbonyl (C=O) groups excluding carboxylic acids is 2. The number of ether oxygens (including phenoxy) is 2. The van der Waals surface area contributed by atoms with Gasteiger partial charge in [0.15, 0.2) is 16.6 Å². The molecule has 198 valence electrons. The zero-order chi connectivity index (χ0) is 26.5. The highest BCUT2D eigenvalue weighted by Gasteiger charge is 2.54. The molecule has 9 heteroatoms. The van der Waals surface area contributed by atoms with E-state index < -0.39 is 6.10 Å². The number of anilines is 1. The van der Waals surface area contributed by atoms with E-state index in [0.29, 0.717) is 28.7 Å². The average molecular weight is 526 g/mol. The molecule has 2 heterocycles. The van der Waals surface area contributed by atoms with E-state index in [1.807, 2.05) is 6.92 Å². The van der Waals surface area contributed by atoms with Crippen LogP contribution >= 0.6 is 11.3 Å². The van der Waals surface area contributed by atoms with Crippen LogP contribution in [0.5, 0.6) is 11.5 Å². The summed E-state index contributed by atoms with van der Waals surface area (Å²) in [6.07, 6.45) is 3.65. The smallest absolute Gasteiger partial charge is 0.257 e. The number of thiazole rings is 1. The van der Waals surface area contributed by atoms with Crippen molar-refractivity contribution < 1.29 is 24.2 Å². The van der Waals surface area contributed by atoms with Crippen molar-refractivity contribution in [2.45, 2.75) is 52.1 Å². The number of carbonyl (C=O) groups is 2. The summed E-state index contributed by atoms with van der Waals surface area (Å²) in [5.74, 6) is 0.589. The molecule has 2 aromatic rings. The van der Waals surface area contributed by atoms with Crippen molar-refractivity contribution in [3.8, 4) is 11.5 Å². The van der Waals surface area contributed by atoms with Gasteiger partial charge in [-0.05, 0) is 54.7 Å². The van der Waals surface area contributed by atoms with Crippen molar-refractivity contribution in [1.29, 1.82) is 0 Å². The van der Waals surface area contributed by atoms with Gasteiger partial charge < -0.3 is 19.5 Å². The normalized spacial score (nSPS) is 28.6. The number of benzene rings is 1. The van der Waals surface area contributed by atoms with Crippen molar-refractivity contribution in [2.75, 3.05) is 25.7 Å². The highest BCUT2D eigenvalue weighted by atomic mass is 32.1. The Hall–Kier alpha value is -2.91. The van der Waals surface area contributed by atoms with Gasteiger partial charge in [0.2, 0.25) is 12.7 Å². The maximum absolute atomic E-state index is 13.0. The zero-order valence-corrected chi connectivity index (χ0v) is 22.6. The van der Waals surface area contributed by atoms with Crippen LogP contribution in [0.4, 0.5) is 5.13 Å². The number of nitrogens with one attached hydrogen (secondary N) is 1. The van der Waals surface area contributed by atoms with Gasteiger partial charge in [-0.15, -0.1) is 17.9 Å². The number of aromatic nitrogens is 1. The number of aliphatic hydroxyl groups excluding tert-OH is 1. The minimum atomic E-state index is -0.605. The van der Waals surface area contributed by atoms with Crippen LogP contribution in [0, 0.1) is 23.2 Å². The molecular weight excluding hydrogens is 490 g/mol. The van der Waals surface area contributed by atoms with Gasteiger partial charge in [0.25, 0.3) is 5.91 Å². The largest absolute Gasteiger partial charge is 0.454 e. The molecule has 2 aliphatic carbocycles. The van der Waals surface area contributed by atoms with E-state index in [2.05, 4.69) is 25.7 Å². The van der Waals surface area contributed by atoms with E-state index in [1.54, 1.807) is 36.2 Å². The molecule has 0 saturated heterocycles. The molecule has 2 amide bonds. The molecule has 8 nitrogen and oxygen atoms in total. The first-order chi connectivity index (χ1) is 17.6. The molecule has 1 saturated carbocycles. The molecule has 1 aliphatic heterocycles. The molecule has 2 N–H and O–H groups in total. The molecule has 1 fully saturated rings. The minimum Gasteiger partial charge on any atom is -0.454 e. The molecule has 6 atom stereocenters. The predicted molar refractivity (Wildman–Crippen MR) is 142 cm³/mol. The molecule has 0 unspecified atom stereocenters. The van der Waals surface area contributed by atoms with E-state index in [0.717, 1.165) is 29.8 Å². The molecular formula is C28H35N3O5S. The van der Waals surface area contributed by atoms with Crippen molar-refractivity contribution in [2.24, 2.45) is 23.2 Å². The third-order valence-corrected chi connectivity index (χ3v) is 9.57. The lowest BCUT2D eigenvalue weighted by Gasteiger charge is -2.53. The standard InChI is InChI=1S/C28H35N3O5S/c1-6-11-31(5)26(34)15(2)18-9-10-28(4)13-21-23(16(3)22(28)24(18)32)29-27(37-21)30-25(33)17-7-8-19-20(12-17)36-14-35-19/h6-8,12,15-16,18,22,24,32H,1,9-11,13-14H2,2-5H3,(H,29,30,33)/t15-,16-,18+,22+,24-,28-/m0/s1. The SMILES string of the molecule is C=CCN(C)C(=O)[C@@H](C)[C@H]1CC[C@@]2(C)Cc3sc(NC(=O)c4ccc5c(c4)OCO5)nc3[C@@H](C)[C@@H]2[C@H]1O. The van der Waals surface area contributed by atoms with Gasteiger partial charge in [-0.25, -0.2) is 4.98 Å². The van der Waals surface area contributed by atoms with Gasteiger partial charge >= 0.3 is 0 Å². The lowest BCUT2D eigenvalue weighted by molar-refractivity contribution is -0.143. The number of hydrogen-bond acceptors (Lipinski definition) is 7. The van der Waals surface area contributed by atoms with Gasteiger partial charge in [-0.1, -0.05) is 26.8 Å². The van der Waals surface area contributed by atoms with Crippen molar-refractivity contribution in [3.05, 3.63) is 47.0 Å². The number of likely N-dealkylation sites (N-methyl/N-ethyl adjacent to an activating group) is 1. The predicted octanol–water partition coefficient (Wildman–Crippen LogP) is 4.46. The maximum Gasteiger partial charge on any atom is 0.257 e. The number of hydrogen-bond donors (Lipinski definition) is 2. The summed E-state index contributed by atoms with van der Waals surface area (Å²) in [6.45, 7) is 10.7. The molecule has 0 bridgehead atoms. The number of aliphatic hydroxyl groups is 1. The van der Waals surface area contributed by atoms with E-state index in [-0.39, 0.29) is 47.7 Å². The van der Waals surface area contributed by atoms with E-state index >= 15 is 0 Å². The van der Waals surface area contributed by atoms with Gasteiger partial charge in [0.1, 0.15) is 0 Å². The van der Waals surface area contributed by atoms with E-state index in [4.69, 9.17) is 14.5 Å². The van der Waals surface area contributed by atoms with Gasteiger partial charge in [-0.3, -0.25) is 14.9 Å². The quantitative estimate of drug-likeness (QED) is 0.540. The Morgan fingerprint density at radius 3 is 2.89 bits per heavy atom. The second-order valence-corrected chi connectivity index (χ2v) is 12.1. The fourth-order valence-electron chi connectivity index (χ4n) is 6.62. The summed E-state index contributed by atoms with van der Waals surface area (Å²) < 4.78 is 10.7. The summed E-state index contributed by atoms with van der Waals surface area (Å²) in [6, 6.07) is 5.12. The number of fused-ring (bicyclic) bond motifs is 3. The van der Waals surface area contributed by atoms with E-state index in [1.165, 1.54) is 11.3 Å². The first-order valence-electron chi connectivity index (χ1n) is 12.9. The van der Waals surface area contributed by atoms with Crippen molar-refractivity contribution in [1.82, 2.24) is 9.88 Å². The van der Waals surface area contributed by atoms with E-state index in [9.17, 15) is 14.7 Å². The molecule has 5 rings (SSSR count). The average Bonchev–Trinajstić information content (AvgIpc) is 3.49. The van der Waals surface area contributed by atoms with Crippen molar-refractivity contribution >= 4 is 28.3 Å². The number of rotatable bonds is 6. The second kappa shape index (κ2) is 9.76. The summed E-state index contributed by atoms with van der Waals surface area (Å²) in [4.78, 5) is 33.6. The third kappa shape index (κ3) is 4.52. The lowest BCUT2D eigenvalue weighted by Crippen LogP contribution is -2.53. The number of amides is 2. The first-order valence-corrected chi connectivity index (χ1v) is 13.7. The topological polar surface area (TPSA) is 101 Å². The summed E-state index contributed by atoms with van der Waals surface area (Å²) in [5, 5.41) is 15.1. The summed E-state index contributed by atoms with van der Waals surface area (Å²) in [7, 11) is 1.78. The lowest BCUT2D eigenvalue weighted by atomic mass is 9.53. The zero-order valence-electron chi connectivity index (χ0n) is 21.8. The highest BCUT2D eigenvalue weighted by Crippen LogP contribution is 2.57. The molecule has 3 aliphatic rings.